The Morgan fingerprint density at radius 2 is 2.16 bits per heavy atom. The fourth-order valence-electron chi connectivity index (χ4n) is 1.50. The van der Waals surface area contributed by atoms with E-state index in [4.69, 9.17) is 4.74 Å². The number of hydrogen-bond donors (Lipinski definition) is 0. The molecule has 0 N–H and O–H groups in total. The number of carbonyl (C=O) groups excluding carboxylic acids is 1. The largest absolute Gasteiger partial charge is 0.484 e. The fourth-order valence-corrected chi connectivity index (χ4v) is 2.41. The molecule has 0 radical (unpaired) electrons. The second kappa shape index (κ2) is 6.24. The topological polar surface area (TPSA) is 68.2 Å². The minimum atomic E-state index is -0.0132. The van der Waals surface area contributed by atoms with E-state index in [1.54, 1.807) is 17.3 Å². The monoisotopic (exact) mass is 278 g/mol. The first kappa shape index (κ1) is 13.4. The Morgan fingerprint density at radius 3 is 2.79 bits per heavy atom. The maximum absolute atomic E-state index is 11.4. The van der Waals surface area contributed by atoms with Gasteiger partial charge in [-0.15, -0.1) is 11.3 Å². The fraction of sp³-hybridized carbons (Fsp3) is 0.333. The van der Waals surface area contributed by atoms with E-state index < -0.39 is 0 Å². The van der Waals surface area contributed by atoms with E-state index in [0.29, 0.717) is 24.0 Å². The van der Waals surface area contributed by atoms with Crippen LogP contribution >= 0.6 is 11.3 Å². The van der Waals surface area contributed by atoms with Crippen LogP contribution in [0.4, 0.5) is 5.13 Å². The first-order chi connectivity index (χ1) is 9.20. The minimum absolute atomic E-state index is 0.0132. The second-order valence-electron chi connectivity index (χ2n) is 3.75. The number of hydrogen-bond acceptors (Lipinski definition) is 6. The van der Waals surface area contributed by atoms with Crippen LogP contribution in [-0.4, -0.2) is 27.4 Å². The second-order valence-corrected chi connectivity index (χ2v) is 4.58. The van der Waals surface area contributed by atoms with Crippen LogP contribution in [0.5, 0.6) is 5.75 Å². The molecule has 0 atom stereocenters. The van der Waals surface area contributed by atoms with Crippen molar-refractivity contribution in [3.8, 4) is 5.75 Å². The van der Waals surface area contributed by atoms with E-state index in [9.17, 15) is 4.79 Å². The molecule has 0 unspecified atom stereocenters. The zero-order valence-electron chi connectivity index (χ0n) is 10.7. The summed E-state index contributed by atoms with van der Waals surface area (Å²) in [5, 5.41) is 2.57. The van der Waals surface area contributed by atoms with Crippen molar-refractivity contribution in [3.05, 3.63) is 29.8 Å². The van der Waals surface area contributed by atoms with Crippen LogP contribution in [0.1, 0.15) is 19.5 Å². The third-order valence-corrected chi connectivity index (χ3v) is 3.30. The molecule has 1 amide bonds. The Labute approximate surface area is 115 Å². The number of anilines is 1. The van der Waals surface area contributed by atoms with E-state index >= 15 is 0 Å². The summed E-state index contributed by atoms with van der Waals surface area (Å²) < 4.78 is 5.49. The van der Waals surface area contributed by atoms with Gasteiger partial charge < -0.3 is 4.74 Å². The molecule has 0 aromatic carbocycles. The van der Waals surface area contributed by atoms with Gasteiger partial charge in [0.25, 0.3) is 0 Å². The van der Waals surface area contributed by atoms with Crippen molar-refractivity contribution < 1.29 is 9.53 Å². The molecule has 100 valence electrons. The van der Waals surface area contributed by atoms with Crippen LogP contribution < -0.4 is 9.64 Å². The zero-order valence-corrected chi connectivity index (χ0v) is 11.6. The highest BCUT2D eigenvalue weighted by atomic mass is 32.1. The predicted octanol–water partition coefficient (Wildman–Crippen LogP) is 1.88. The molecule has 2 aromatic rings. The number of thiazole rings is 1. The van der Waals surface area contributed by atoms with Gasteiger partial charge in [0.05, 0.1) is 18.1 Å². The number of nitrogens with zero attached hydrogens (tertiary/aromatic N) is 4. The number of carbonyl (C=O) groups is 1. The van der Waals surface area contributed by atoms with Gasteiger partial charge in [-0.2, -0.15) is 0 Å². The van der Waals surface area contributed by atoms with Crippen molar-refractivity contribution in [2.45, 2.75) is 20.5 Å². The Kier molecular flexibility index (Phi) is 4.40. The van der Waals surface area contributed by atoms with Gasteiger partial charge >= 0.3 is 0 Å². The average molecular weight is 278 g/mol. The molecule has 0 aliphatic rings. The van der Waals surface area contributed by atoms with E-state index in [1.807, 2.05) is 12.3 Å². The molecular formula is C12H14N4O2S. The lowest BCUT2D eigenvalue weighted by atomic mass is 10.5. The van der Waals surface area contributed by atoms with Gasteiger partial charge in [-0.05, 0) is 6.92 Å². The zero-order chi connectivity index (χ0) is 13.7. The molecule has 6 nitrogen and oxygen atoms in total. The molecule has 0 saturated heterocycles. The van der Waals surface area contributed by atoms with Crippen molar-refractivity contribution >= 4 is 22.4 Å². The van der Waals surface area contributed by atoms with E-state index in [1.165, 1.54) is 24.6 Å². The standard InChI is InChI=1S/C12H14N4O2S/c1-3-16(9(2)17)12-15-10(7-19-12)6-18-11-4-13-8-14-5-11/h4-5,7-8H,3,6H2,1-2H3. The van der Waals surface area contributed by atoms with Crippen LogP contribution in [0, 0.1) is 0 Å². The quantitative estimate of drug-likeness (QED) is 0.835. The van der Waals surface area contributed by atoms with Gasteiger partial charge in [-0.25, -0.2) is 15.0 Å². The predicted molar refractivity (Wildman–Crippen MR) is 72.2 cm³/mol. The summed E-state index contributed by atoms with van der Waals surface area (Å²) in [5.41, 5.74) is 0.781. The van der Waals surface area contributed by atoms with Crippen LogP contribution in [0.15, 0.2) is 24.1 Å². The van der Waals surface area contributed by atoms with Crippen LogP contribution in [0.25, 0.3) is 0 Å². The van der Waals surface area contributed by atoms with Crippen LogP contribution in [-0.2, 0) is 11.4 Å². The van der Waals surface area contributed by atoms with Gasteiger partial charge in [0.2, 0.25) is 5.91 Å². The minimum Gasteiger partial charge on any atom is -0.484 e. The summed E-state index contributed by atoms with van der Waals surface area (Å²) in [7, 11) is 0. The van der Waals surface area contributed by atoms with E-state index in [0.717, 1.165) is 5.69 Å². The van der Waals surface area contributed by atoms with Crippen molar-refractivity contribution in [1.29, 1.82) is 0 Å². The van der Waals surface area contributed by atoms with Gasteiger partial charge in [0.15, 0.2) is 10.9 Å². The van der Waals surface area contributed by atoms with Crippen LogP contribution in [0.3, 0.4) is 0 Å². The number of rotatable bonds is 5. The first-order valence-corrected chi connectivity index (χ1v) is 6.69. The highest BCUT2D eigenvalue weighted by molar-refractivity contribution is 7.14. The summed E-state index contributed by atoms with van der Waals surface area (Å²) in [5.74, 6) is 0.580. The number of ether oxygens (including phenoxy) is 1. The Hall–Kier alpha value is -2.02. The van der Waals surface area contributed by atoms with Crippen molar-refractivity contribution in [1.82, 2.24) is 15.0 Å². The molecule has 2 heterocycles. The van der Waals surface area contributed by atoms with Gasteiger partial charge in [0, 0.05) is 18.8 Å². The summed E-state index contributed by atoms with van der Waals surface area (Å²) in [4.78, 5) is 25.1. The lowest BCUT2D eigenvalue weighted by molar-refractivity contribution is -0.116. The maximum Gasteiger partial charge on any atom is 0.225 e. The average Bonchev–Trinajstić information content (AvgIpc) is 2.87. The van der Waals surface area contributed by atoms with E-state index in [2.05, 4.69) is 15.0 Å². The first-order valence-electron chi connectivity index (χ1n) is 5.81. The SMILES string of the molecule is CCN(C(C)=O)c1nc(COc2cncnc2)cs1. The summed E-state index contributed by atoms with van der Waals surface area (Å²) in [6, 6.07) is 0. The molecule has 7 heteroatoms. The number of amides is 1. The normalized spacial score (nSPS) is 10.2. The Morgan fingerprint density at radius 1 is 1.42 bits per heavy atom. The molecule has 2 rings (SSSR count). The van der Waals surface area contributed by atoms with Gasteiger partial charge in [0.1, 0.15) is 12.9 Å². The molecule has 2 aromatic heterocycles. The molecule has 0 spiro atoms. The number of aromatic nitrogens is 3. The maximum atomic E-state index is 11.4. The highest BCUT2D eigenvalue weighted by Gasteiger charge is 2.13. The highest BCUT2D eigenvalue weighted by Crippen LogP contribution is 2.21. The summed E-state index contributed by atoms with van der Waals surface area (Å²) >= 11 is 1.43. The van der Waals surface area contributed by atoms with Gasteiger partial charge in [-0.3, -0.25) is 9.69 Å². The third-order valence-electron chi connectivity index (χ3n) is 2.39. The molecule has 0 fully saturated rings. The molecule has 0 bridgehead atoms. The van der Waals surface area contributed by atoms with Crippen molar-refractivity contribution in [2.75, 3.05) is 11.4 Å². The van der Waals surface area contributed by atoms with Crippen molar-refractivity contribution in [2.24, 2.45) is 0 Å². The Balaban J connectivity index is 1.99. The lowest BCUT2D eigenvalue weighted by Crippen LogP contribution is -2.27. The molecule has 0 aliphatic heterocycles. The third kappa shape index (κ3) is 3.47. The Bertz CT molecular complexity index is 544. The molecule has 0 saturated carbocycles. The van der Waals surface area contributed by atoms with E-state index in [-0.39, 0.29) is 5.91 Å². The lowest BCUT2D eigenvalue weighted by Gasteiger charge is -2.14. The van der Waals surface area contributed by atoms with Gasteiger partial charge in [-0.1, -0.05) is 0 Å². The summed E-state index contributed by atoms with van der Waals surface area (Å²) in [6.07, 6.45) is 4.63. The molecule has 0 aliphatic carbocycles. The van der Waals surface area contributed by atoms with Crippen LogP contribution in [0.2, 0.25) is 0 Å². The summed E-state index contributed by atoms with van der Waals surface area (Å²) in [6.45, 7) is 4.39. The van der Waals surface area contributed by atoms with Crippen molar-refractivity contribution in [3.63, 3.8) is 0 Å². The smallest absolute Gasteiger partial charge is 0.225 e. The molecule has 19 heavy (non-hydrogen) atoms. The molecular weight excluding hydrogens is 264 g/mol.